The summed E-state index contributed by atoms with van der Waals surface area (Å²) in [7, 11) is 0. The van der Waals surface area contributed by atoms with Crippen LogP contribution in [0.15, 0.2) is 18.2 Å². The van der Waals surface area contributed by atoms with E-state index in [9.17, 15) is 15.2 Å². The van der Waals surface area contributed by atoms with Gasteiger partial charge >= 0.3 is 0 Å². The molecule has 0 saturated heterocycles. The number of benzene rings is 1. The zero-order valence-corrected chi connectivity index (χ0v) is 10.4. The van der Waals surface area contributed by atoms with Crippen LogP contribution in [0.4, 0.5) is 11.4 Å². The van der Waals surface area contributed by atoms with Gasteiger partial charge in [-0.2, -0.15) is 0 Å². The largest absolute Gasteiger partial charge is 0.390 e. The first-order chi connectivity index (χ1) is 7.79. The summed E-state index contributed by atoms with van der Waals surface area (Å²) in [5, 5.41) is 23.3. The fraction of sp³-hybridized carbons (Fsp3) is 0.500. The first-order valence-electron chi connectivity index (χ1n) is 5.51. The number of anilines is 1. The van der Waals surface area contributed by atoms with Crippen molar-refractivity contribution in [1.82, 2.24) is 0 Å². The summed E-state index contributed by atoms with van der Waals surface area (Å²) in [6.45, 7) is 5.82. The van der Waals surface area contributed by atoms with Crippen LogP contribution in [0.5, 0.6) is 0 Å². The van der Waals surface area contributed by atoms with Crippen LogP contribution in [0.25, 0.3) is 0 Å². The van der Waals surface area contributed by atoms with Crippen LogP contribution in [0, 0.1) is 17.0 Å². The first-order valence-corrected chi connectivity index (χ1v) is 5.51. The van der Waals surface area contributed by atoms with Crippen molar-refractivity contribution in [3.8, 4) is 0 Å². The number of aryl methyl sites for hydroxylation is 1. The molecule has 0 saturated carbocycles. The number of rotatable bonds is 5. The average Bonchev–Trinajstić information content (AvgIpc) is 2.15. The summed E-state index contributed by atoms with van der Waals surface area (Å²) in [6, 6.07) is 4.90. The molecule has 0 unspecified atom stereocenters. The van der Waals surface area contributed by atoms with Crippen LogP contribution in [0.1, 0.15) is 25.8 Å². The lowest BCUT2D eigenvalue weighted by Gasteiger charge is -2.17. The molecule has 0 spiro atoms. The molecule has 0 aliphatic heterocycles. The molecule has 17 heavy (non-hydrogen) atoms. The third-order valence-corrected chi connectivity index (χ3v) is 2.46. The van der Waals surface area contributed by atoms with E-state index >= 15 is 0 Å². The SMILES string of the molecule is Cc1cc(NCCC(C)(C)O)ccc1[N+](=O)[O-]. The van der Waals surface area contributed by atoms with Crippen LogP contribution < -0.4 is 5.32 Å². The number of nitro groups is 1. The van der Waals surface area contributed by atoms with Crippen LogP contribution in [-0.4, -0.2) is 22.2 Å². The van der Waals surface area contributed by atoms with Crippen molar-refractivity contribution in [3.05, 3.63) is 33.9 Å². The predicted molar refractivity (Wildman–Crippen MR) is 67.2 cm³/mol. The maximum Gasteiger partial charge on any atom is 0.272 e. The van der Waals surface area contributed by atoms with E-state index < -0.39 is 10.5 Å². The number of nitrogens with one attached hydrogen (secondary N) is 1. The Morgan fingerprint density at radius 1 is 1.47 bits per heavy atom. The molecule has 5 heteroatoms. The lowest BCUT2D eigenvalue weighted by Crippen LogP contribution is -2.22. The van der Waals surface area contributed by atoms with Gasteiger partial charge in [-0.25, -0.2) is 0 Å². The second-order valence-corrected chi connectivity index (χ2v) is 4.75. The zero-order chi connectivity index (χ0) is 13.1. The Kier molecular flexibility index (Phi) is 4.07. The Morgan fingerprint density at radius 2 is 2.12 bits per heavy atom. The highest BCUT2D eigenvalue weighted by Crippen LogP contribution is 2.21. The van der Waals surface area contributed by atoms with E-state index in [4.69, 9.17) is 0 Å². The summed E-state index contributed by atoms with van der Waals surface area (Å²) in [6.07, 6.45) is 0.614. The minimum absolute atomic E-state index is 0.123. The Morgan fingerprint density at radius 3 is 2.59 bits per heavy atom. The van der Waals surface area contributed by atoms with Gasteiger partial charge in [-0.05, 0) is 39.3 Å². The van der Waals surface area contributed by atoms with Gasteiger partial charge in [0.15, 0.2) is 0 Å². The highest BCUT2D eigenvalue weighted by Gasteiger charge is 2.12. The molecule has 0 radical (unpaired) electrons. The quantitative estimate of drug-likeness (QED) is 0.610. The molecule has 0 heterocycles. The van der Waals surface area contributed by atoms with E-state index in [0.717, 1.165) is 5.69 Å². The molecule has 0 fully saturated rings. The van der Waals surface area contributed by atoms with Gasteiger partial charge in [-0.3, -0.25) is 10.1 Å². The standard InChI is InChI=1S/C12H18N2O3/c1-9-8-10(4-5-11(9)14(16)17)13-7-6-12(2,3)15/h4-5,8,13,15H,6-7H2,1-3H3. The van der Waals surface area contributed by atoms with E-state index in [-0.39, 0.29) is 5.69 Å². The third-order valence-electron chi connectivity index (χ3n) is 2.46. The molecule has 0 bridgehead atoms. The van der Waals surface area contributed by atoms with Crippen molar-refractivity contribution in [3.63, 3.8) is 0 Å². The fourth-order valence-corrected chi connectivity index (χ4v) is 1.48. The van der Waals surface area contributed by atoms with Gasteiger partial charge in [-0.15, -0.1) is 0 Å². The Labute approximate surface area is 101 Å². The third kappa shape index (κ3) is 4.40. The lowest BCUT2D eigenvalue weighted by molar-refractivity contribution is -0.385. The Balaban J connectivity index is 2.62. The second-order valence-electron chi connectivity index (χ2n) is 4.75. The Bertz CT molecular complexity index is 411. The number of hydrogen-bond donors (Lipinski definition) is 2. The minimum atomic E-state index is -0.706. The maximum atomic E-state index is 10.6. The van der Waals surface area contributed by atoms with E-state index in [1.165, 1.54) is 6.07 Å². The van der Waals surface area contributed by atoms with Gasteiger partial charge in [0.1, 0.15) is 0 Å². The van der Waals surface area contributed by atoms with E-state index in [0.29, 0.717) is 18.5 Å². The van der Waals surface area contributed by atoms with Gasteiger partial charge in [-0.1, -0.05) is 0 Å². The molecule has 5 nitrogen and oxygen atoms in total. The predicted octanol–water partition coefficient (Wildman–Crippen LogP) is 2.48. The summed E-state index contributed by atoms with van der Waals surface area (Å²) in [5.74, 6) is 0. The number of nitrogens with zero attached hydrogens (tertiary/aromatic N) is 1. The van der Waals surface area contributed by atoms with Crippen molar-refractivity contribution in [1.29, 1.82) is 0 Å². The van der Waals surface area contributed by atoms with E-state index in [2.05, 4.69) is 5.32 Å². The zero-order valence-electron chi connectivity index (χ0n) is 10.4. The molecule has 1 rings (SSSR count). The van der Waals surface area contributed by atoms with Gasteiger partial charge in [0.25, 0.3) is 5.69 Å². The molecular formula is C12H18N2O3. The monoisotopic (exact) mass is 238 g/mol. The molecular weight excluding hydrogens is 220 g/mol. The van der Waals surface area contributed by atoms with Crippen molar-refractivity contribution in [2.45, 2.75) is 32.8 Å². The molecule has 1 aromatic rings. The second kappa shape index (κ2) is 5.14. The fourth-order valence-electron chi connectivity index (χ4n) is 1.48. The first kappa shape index (κ1) is 13.4. The topological polar surface area (TPSA) is 75.4 Å². The summed E-state index contributed by atoms with van der Waals surface area (Å²) in [5.41, 5.74) is 0.877. The van der Waals surface area contributed by atoms with Crippen molar-refractivity contribution < 1.29 is 10.0 Å². The van der Waals surface area contributed by atoms with Gasteiger partial charge in [0.05, 0.1) is 10.5 Å². The lowest BCUT2D eigenvalue weighted by atomic mass is 10.1. The molecule has 1 aromatic carbocycles. The number of nitro benzene ring substituents is 1. The van der Waals surface area contributed by atoms with Gasteiger partial charge < -0.3 is 10.4 Å². The smallest absolute Gasteiger partial charge is 0.272 e. The maximum absolute atomic E-state index is 10.6. The number of hydrogen-bond acceptors (Lipinski definition) is 4. The van der Waals surface area contributed by atoms with Crippen LogP contribution in [0.2, 0.25) is 0 Å². The molecule has 0 atom stereocenters. The van der Waals surface area contributed by atoms with Crippen LogP contribution >= 0.6 is 0 Å². The normalized spacial score (nSPS) is 11.3. The molecule has 0 aliphatic rings. The molecule has 0 aliphatic carbocycles. The molecule has 0 aromatic heterocycles. The molecule has 2 N–H and O–H groups in total. The highest BCUT2D eigenvalue weighted by molar-refractivity contribution is 5.53. The van der Waals surface area contributed by atoms with Crippen molar-refractivity contribution >= 4 is 11.4 Å². The van der Waals surface area contributed by atoms with Crippen LogP contribution in [0.3, 0.4) is 0 Å². The van der Waals surface area contributed by atoms with E-state index in [1.54, 1.807) is 32.9 Å². The summed E-state index contributed by atoms with van der Waals surface area (Å²) >= 11 is 0. The Hall–Kier alpha value is -1.62. The minimum Gasteiger partial charge on any atom is -0.390 e. The summed E-state index contributed by atoms with van der Waals surface area (Å²) in [4.78, 5) is 10.2. The van der Waals surface area contributed by atoms with Crippen molar-refractivity contribution in [2.75, 3.05) is 11.9 Å². The van der Waals surface area contributed by atoms with Gasteiger partial charge in [0.2, 0.25) is 0 Å². The van der Waals surface area contributed by atoms with E-state index in [1.807, 2.05) is 0 Å². The van der Waals surface area contributed by atoms with Gasteiger partial charge in [0, 0.05) is 23.9 Å². The number of aliphatic hydroxyl groups is 1. The van der Waals surface area contributed by atoms with Crippen molar-refractivity contribution in [2.24, 2.45) is 0 Å². The molecule has 0 amide bonds. The summed E-state index contributed by atoms with van der Waals surface area (Å²) < 4.78 is 0. The average molecular weight is 238 g/mol. The highest BCUT2D eigenvalue weighted by atomic mass is 16.6. The van der Waals surface area contributed by atoms with Crippen LogP contribution in [-0.2, 0) is 0 Å². The molecule has 94 valence electrons.